The van der Waals surface area contributed by atoms with Crippen molar-refractivity contribution in [3.8, 4) is 11.8 Å². The molecule has 0 saturated heterocycles. The third-order valence-electron chi connectivity index (χ3n) is 9.55. The highest BCUT2D eigenvalue weighted by molar-refractivity contribution is 5.82. The average molecular weight is 448 g/mol. The predicted molar refractivity (Wildman–Crippen MR) is 132 cm³/mol. The summed E-state index contributed by atoms with van der Waals surface area (Å²) in [6, 6.07) is 8.69. The predicted octanol–water partition coefficient (Wildman–Crippen LogP) is 4.59. The molecule has 2 N–H and O–H groups in total. The molecule has 3 saturated carbocycles. The molecule has 176 valence electrons. The van der Waals surface area contributed by atoms with E-state index in [1.807, 2.05) is 21.0 Å². The van der Waals surface area contributed by atoms with Gasteiger partial charge in [0.2, 0.25) is 0 Å². The molecule has 0 unspecified atom stereocenters. The topological polar surface area (TPSA) is 60.8 Å². The number of Topliss-reactive ketones (excluding diaryl/α,β-unsaturated/α-hetero) is 1. The molecule has 0 heterocycles. The van der Waals surface area contributed by atoms with E-state index in [-0.39, 0.29) is 23.5 Å². The third-order valence-corrected chi connectivity index (χ3v) is 9.55. The maximum Gasteiger partial charge on any atom is 0.135 e. The van der Waals surface area contributed by atoms with Crippen LogP contribution in [0.4, 0.5) is 5.69 Å². The average Bonchev–Trinajstić information content (AvgIpc) is 3.03. The Labute approximate surface area is 198 Å². The van der Waals surface area contributed by atoms with Crippen molar-refractivity contribution in [1.82, 2.24) is 0 Å². The highest BCUT2D eigenvalue weighted by Crippen LogP contribution is 2.66. The van der Waals surface area contributed by atoms with Crippen LogP contribution in [-0.4, -0.2) is 41.3 Å². The maximum absolute atomic E-state index is 12.3. The lowest BCUT2D eigenvalue weighted by Gasteiger charge is -2.56. The Morgan fingerprint density at radius 3 is 2.42 bits per heavy atom. The van der Waals surface area contributed by atoms with E-state index in [4.69, 9.17) is 0 Å². The van der Waals surface area contributed by atoms with Crippen LogP contribution in [0.15, 0.2) is 29.8 Å². The number of rotatable bonds is 2. The van der Waals surface area contributed by atoms with E-state index in [0.717, 1.165) is 31.4 Å². The summed E-state index contributed by atoms with van der Waals surface area (Å²) in [5, 5.41) is 23.4. The summed E-state index contributed by atoms with van der Waals surface area (Å²) >= 11 is 0. The first kappa shape index (κ1) is 22.7. The van der Waals surface area contributed by atoms with E-state index in [0.29, 0.717) is 31.1 Å². The molecule has 0 bridgehead atoms. The van der Waals surface area contributed by atoms with Gasteiger partial charge in [0.25, 0.3) is 0 Å². The van der Waals surface area contributed by atoms with Gasteiger partial charge in [-0.3, -0.25) is 4.79 Å². The zero-order valence-electron chi connectivity index (χ0n) is 20.4. The van der Waals surface area contributed by atoms with Crippen molar-refractivity contribution < 1.29 is 15.0 Å². The number of allylic oxidation sites excluding steroid dienone is 1. The number of fused-ring (bicyclic) bond motifs is 5. The van der Waals surface area contributed by atoms with Crippen LogP contribution in [-0.2, 0) is 4.79 Å². The molecule has 0 aliphatic heterocycles. The quantitative estimate of drug-likeness (QED) is 0.651. The number of aliphatic hydroxyl groups is 2. The first-order valence-corrected chi connectivity index (χ1v) is 12.5. The van der Waals surface area contributed by atoms with Crippen LogP contribution < -0.4 is 4.90 Å². The molecule has 1 aromatic carbocycles. The zero-order chi connectivity index (χ0) is 23.6. The van der Waals surface area contributed by atoms with Gasteiger partial charge in [-0.1, -0.05) is 30.6 Å². The van der Waals surface area contributed by atoms with E-state index >= 15 is 0 Å². The Kier molecular flexibility index (Phi) is 5.31. The van der Waals surface area contributed by atoms with E-state index in [9.17, 15) is 15.0 Å². The molecule has 0 spiro atoms. The Bertz CT molecular complexity index is 1060. The van der Waals surface area contributed by atoms with Crippen LogP contribution in [0.2, 0.25) is 0 Å². The molecule has 0 amide bonds. The molecule has 3 fully saturated rings. The van der Waals surface area contributed by atoms with Crippen molar-refractivity contribution in [2.24, 2.45) is 23.2 Å². The fraction of sp³-hybridized carbons (Fsp3) is 0.621. The van der Waals surface area contributed by atoms with Crippen LogP contribution >= 0.6 is 0 Å². The Hall–Kier alpha value is -2.09. The lowest BCUT2D eigenvalue weighted by atomic mass is 9.50. The van der Waals surface area contributed by atoms with Gasteiger partial charge in [-0.2, -0.15) is 0 Å². The molecule has 4 heteroatoms. The van der Waals surface area contributed by atoms with Gasteiger partial charge >= 0.3 is 0 Å². The van der Waals surface area contributed by atoms with Gasteiger partial charge in [0.1, 0.15) is 11.4 Å². The molecule has 1 aromatic rings. The summed E-state index contributed by atoms with van der Waals surface area (Å²) in [5.41, 5.74) is 2.77. The second-order valence-electron chi connectivity index (χ2n) is 11.4. The lowest BCUT2D eigenvalue weighted by Crippen LogP contribution is -2.55. The molecule has 4 nitrogen and oxygen atoms in total. The second-order valence-corrected chi connectivity index (χ2v) is 11.4. The number of ketones is 1. The van der Waals surface area contributed by atoms with Crippen molar-refractivity contribution in [2.75, 3.05) is 19.0 Å². The van der Waals surface area contributed by atoms with Crippen LogP contribution in [0.1, 0.15) is 70.8 Å². The van der Waals surface area contributed by atoms with Crippen molar-refractivity contribution in [3.63, 3.8) is 0 Å². The van der Waals surface area contributed by atoms with E-state index in [2.05, 4.69) is 47.9 Å². The number of carbonyl (C=O) groups excluding carboxylic acids is 1. The highest BCUT2D eigenvalue weighted by Gasteiger charge is 2.63. The van der Waals surface area contributed by atoms with Crippen LogP contribution in [0.3, 0.4) is 0 Å². The van der Waals surface area contributed by atoms with E-state index in [1.165, 1.54) is 16.7 Å². The van der Waals surface area contributed by atoms with Crippen LogP contribution in [0.5, 0.6) is 0 Å². The van der Waals surface area contributed by atoms with Gasteiger partial charge in [-0.25, -0.2) is 0 Å². The molecular formula is C29H37NO3. The molecular weight excluding hydrogens is 410 g/mol. The van der Waals surface area contributed by atoms with Crippen molar-refractivity contribution >= 4 is 17.0 Å². The van der Waals surface area contributed by atoms with Crippen molar-refractivity contribution in [2.45, 2.75) is 76.4 Å². The Morgan fingerprint density at radius 2 is 1.76 bits per heavy atom. The van der Waals surface area contributed by atoms with Crippen LogP contribution in [0, 0.1) is 35.0 Å². The van der Waals surface area contributed by atoms with E-state index < -0.39 is 11.2 Å². The first-order valence-electron chi connectivity index (χ1n) is 12.5. The summed E-state index contributed by atoms with van der Waals surface area (Å²) < 4.78 is 0. The maximum atomic E-state index is 12.3. The number of benzene rings is 1. The minimum absolute atomic E-state index is 0.0352. The molecule has 5 rings (SSSR count). The summed E-state index contributed by atoms with van der Waals surface area (Å²) in [7, 11) is 4.09. The second kappa shape index (κ2) is 7.72. The van der Waals surface area contributed by atoms with Gasteiger partial charge in [-0.05, 0) is 80.6 Å². The zero-order valence-corrected chi connectivity index (χ0v) is 20.4. The number of hydrogen-bond acceptors (Lipinski definition) is 4. The van der Waals surface area contributed by atoms with Gasteiger partial charge in [0.15, 0.2) is 0 Å². The summed E-state index contributed by atoms with van der Waals surface area (Å²) in [6.45, 7) is 4.06. The first-order chi connectivity index (χ1) is 15.6. The standard InChI is InChI=1S/C29H37NO3/c1-5-14-29(33)16-13-24-22-12-15-28(32)17-21(31)10-11-25(28)26(22)23(18-27(24,29)2)19-6-8-20(9-7-19)30(3)4/h6-9,22,24-25,32-33H,10-13,15-18H2,1-4H3/t22-,24-,25+,27-,28+,29-/m0/s1. The SMILES string of the molecule is CC#C[C@]1(O)CC[C@H]2[C@@H]3CC[C@@]4(O)CC(=O)CC[C@@H]4C3=C(c3ccc(N(C)C)cc3)C[C@@]21C. The summed E-state index contributed by atoms with van der Waals surface area (Å²) in [5.74, 6) is 7.13. The highest BCUT2D eigenvalue weighted by atomic mass is 16.3. The summed E-state index contributed by atoms with van der Waals surface area (Å²) in [6.07, 6.45) is 5.57. The largest absolute Gasteiger partial charge is 0.389 e. The number of anilines is 1. The number of nitrogens with zero attached hydrogens (tertiary/aromatic N) is 1. The monoisotopic (exact) mass is 447 g/mol. The normalized spacial score (nSPS) is 39.8. The van der Waals surface area contributed by atoms with Crippen LogP contribution in [0.25, 0.3) is 5.57 Å². The van der Waals surface area contributed by atoms with E-state index in [1.54, 1.807) is 0 Å². The summed E-state index contributed by atoms with van der Waals surface area (Å²) in [4.78, 5) is 14.4. The smallest absolute Gasteiger partial charge is 0.135 e. The van der Waals surface area contributed by atoms with Crippen molar-refractivity contribution in [1.29, 1.82) is 0 Å². The third kappa shape index (κ3) is 3.31. The molecule has 33 heavy (non-hydrogen) atoms. The van der Waals surface area contributed by atoms with Gasteiger partial charge < -0.3 is 15.1 Å². The minimum atomic E-state index is -0.983. The lowest BCUT2D eigenvalue weighted by molar-refractivity contribution is -0.136. The van der Waals surface area contributed by atoms with Gasteiger partial charge in [0, 0.05) is 44.0 Å². The van der Waals surface area contributed by atoms with Gasteiger partial charge in [0.05, 0.1) is 5.60 Å². The molecule has 6 atom stereocenters. The van der Waals surface area contributed by atoms with Gasteiger partial charge in [-0.15, -0.1) is 5.92 Å². The molecule has 4 aliphatic carbocycles. The molecule has 0 radical (unpaired) electrons. The minimum Gasteiger partial charge on any atom is -0.389 e. The number of carbonyl (C=O) groups is 1. The Balaban J connectivity index is 1.68. The fourth-order valence-electron chi connectivity index (χ4n) is 7.81. The molecule has 0 aromatic heterocycles. The molecule has 4 aliphatic rings. The number of hydrogen-bond donors (Lipinski definition) is 2. The van der Waals surface area contributed by atoms with Crippen molar-refractivity contribution in [3.05, 3.63) is 35.4 Å². The fourth-order valence-corrected chi connectivity index (χ4v) is 7.81. The Morgan fingerprint density at radius 1 is 1.03 bits per heavy atom.